The molecule has 1 heterocycles. The van der Waals surface area contributed by atoms with Crippen LogP contribution in [-0.2, 0) is 12.5 Å². The molecule has 0 unspecified atom stereocenters. The van der Waals surface area contributed by atoms with Gasteiger partial charge in [-0.3, -0.25) is 4.79 Å². The average molecular weight is 256 g/mol. The van der Waals surface area contributed by atoms with E-state index >= 15 is 0 Å². The fraction of sp³-hybridized carbons (Fsp3) is 0.312. The van der Waals surface area contributed by atoms with Crippen molar-refractivity contribution in [2.45, 2.75) is 26.2 Å². The van der Waals surface area contributed by atoms with Crippen molar-refractivity contribution in [3.8, 4) is 0 Å². The lowest BCUT2D eigenvalue weighted by Gasteiger charge is -2.22. The second kappa shape index (κ2) is 4.92. The number of aryl methyl sites for hydroxylation is 1. The largest absolute Gasteiger partial charge is 0.356 e. The zero-order valence-electron chi connectivity index (χ0n) is 11.9. The number of hydrogen-bond acceptors (Lipinski definition) is 1. The van der Waals surface area contributed by atoms with Crippen molar-refractivity contribution >= 4 is 11.6 Å². The van der Waals surface area contributed by atoms with E-state index in [-0.39, 0.29) is 11.3 Å². The zero-order chi connectivity index (χ0) is 14.0. The highest BCUT2D eigenvalue weighted by molar-refractivity contribution is 6.04. The Bertz CT molecular complexity index is 591. The molecule has 100 valence electrons. The third-order valence-electron chi connectivity index (χ3n) is 3.08. The maximum absolute atomic E-state index is 12.2. The zero-order valence-corrected chi connectivity index (χ0v) is 11.9. The van der Waals surface area contributed by atoms with E-state index in [0.29, 0.717) is 5.56 Å². The number of benzene rings is 1. The van der Waals surface area contributed by atoms with Crippen molar-refractivity contribution in [3.63, 3.8) is 0 Å². The van der Waals surface area contributed by atoms with Gasteiger partial charge in [0.2, 0.25) is 0 Å². The molecule has 0 radical (unpaired) electrons. The lowest BCUT2D eigenvalue weighted by atomic mass is 9.86. The molecule has 0 saturated carbocycles. The molecule has 0 atom stereocenters. The maximum Gasteiger partial charge on any atom is 0.257 e. The van der Waals surface area contributed by atoms with Crippen molar-refractivity contribution in [1.29, 1.82) is 0 Å². The van der Waals surface area contributed by atoms with Crippen LogP contribution in [0.3, 0.4) is 0 Å². The van der Waals surface area contributed by atoms with Crippen LogP contribution in [0.4, 0.5) is 5.69 Å². The van der Waals surface area contributed by atoms with E-state index in [1.165, 1.54) is 0 Å². The lowest BCUT2D eigenvalue weighted by Crippen LogP contribution is -2.18. The van der Waals surface area contributed by atoms with Gasteiger partial charge in [-0.1, -0.05) is 39.0 Å². The summed E-state index contributed by atoms with van der Waals surface area (Å²) in [6, 6.07) is 9.76. The first-order chi connectivity index (χ1) is 8.88. The van der Waals surface area contributed by atoms with Gasteiger partial charge in [-0.15, -0.1) is 0 Å². The van der Waals surface area contributed by atoms with Crippen LogP contribution in [0.15, 0.2) is 42.7 Å². The first-order valence-corrected chi connectivity index (χ1v) is 6.41. The van der Waals surface area contributed by atoms with Gasteiger partial charge in [0.05, 0.1) is 5.56 Å². The van der Waals surface area contributed by atoms with Gasteiger partial charge in [0.25, 0.3) is 5.91 Å². The molecule has 0 aliphatic heterocycles. The van der Waals surface area contributed by atoms with Gasteiger partial charge in [-0.25, -0.2) is 0 Å². The molecule has 3 heteroatoms. The topological polar surface area (TPSA) is 34.0 Å². The third kappa shape index (κ3) is 3.05. The van der Waals surface area contributed by atoms with E-state index in [0.717, 1.165) is 11.3 Å². The number of carbonyl (C=O) groups excluding carboxylic acids is 1. The van der Waals surface area contributed by atoms with Gasteiger partial charge in [-0.05, 0) is 23.1 Å². The molecule has 2 rings (SSSR count). The second-order valence-electron chi connectivity index (χ2n) is 5.82. The molecule has 1 amide bonds. The molecule has 2 aromatic rings. The fourth-order valence-corrected chi connectivity index (χ4v) is 2.08. The van der Waals surface area contributed by atoms with Gasteiger partial charge in [0.1, 0.15) is 0 Å². The molecule has 19 heavy (non-hydrogen) atoms. The maximum atomic E-state index is 12.2. The van der Waals surface area contributed by atoms with Crippen molar-refractivity contribution < 1.29 is 4.79 Å². The smallest absolute Gasteiger partial charge is 0.257 e. The Labute approximate surface area is 114 Å². The Kier molecular flexibility index (Phi) is 3.47. The highest BCUT2D eigenvalue weighted by Crippen LogP contribution is 2.29. The normalized spacial score (nSPS) is 11.4. The minimum atomic E-state index is -0.0719. The SMILES string of the molecule is Cn1ccc(C(=O)Nc2ccccc2C(C)(C)C)c1. The quantitative estimate of drug-likeness (QED) is 0.875. The van der Waals surface area contributed by atoms with Gasteiger partial charge in [0, 0.05) is 25.1 Å². The number of nitrogens with zero attached hydrogens (tertiary/aromatic N) is 1. The van der Waals surface area contributed by atoms with E-state index < -0.39 is 0 Å². The molecule has 1 N–H and O–H groups in total. The van der Waals surface area contributed by atoms with Crippen LogP contribution in [0.1, 0.15) is 36.7 Å². The first kappa shape index (κ1) is 13.4. The molecule has 0 spiro atoms. The number of anilines is 1. The summed E-state index contributed by atoms with van der Waals surface area (Å²) in [4.78, 5) is 12.2. The minimum absolute atomic E-state index is 0.000557. The van der Waals surface area contributed by atoms with Crippen LogP contribution in [-0.4, -0.2) is 10.5 Å². The lowest BCUT2D eigenvalue weighted by molar-refractivity contribution is 0.102. The van der Waals surface area contributed by atoms with Crippen molar-refractivity contribution in [1.82, 2.24) is 4.57 Å². The molecular weight excluding hydrogens is 236 g/mol. The Morgan fingerprint density at radius 3 is 2.42 bits per heavy atom. The van der Waals surface area contributed by atoms with Gasteiger partial charge in [-0.2, -0.15) is 0 Å². The number of aromatic nitrogens is 1. The van der Waals surface area contributed by atoms with E-state index in [1.807, 2.05) is 48.3 Å². The number of para-hydroxylation sites is 1. The summed E-state index contributed by atoms with van der Waals surface area (Å²) in [6.45, 7) is 6.42. The van der Waals surface area contributed by atoms with Gasteiger partial charge >= 0.3 is 0 Å². The summed E-state index contributed by atoms with van der Waals surface area (Å²) in [6.07, 6.45) is 3.68. The molecule has 0 fully saturated rings. The fourth-order valence-electron chi connectivity index (χ4n) is 2.08. The molecule has 0 saturated heterocycles. The molecule has 1 aromatic heterocycles. The molecular formula is C16H20N2O. The summed E-state index contributed by atoms with van der Waals surface area (Å²) in [7, 11) is 1.90. The number of hydrogen-bond donors (Lipinski definition) is 1. The predicted molar refractivity (Wildman–Crippen MR) is 78.5 cm³/mol. The summed E-state index contributed by atoms with van der Waals surface area (Å²) in [5.41, 5.74) is 2.69. The molecule has 1 aromatic carbocycles. The first-order valence-electron chi connectivity index (χ1n) is 6.41. The molecule has 3 nitrogen and oxygen atoms in total. The Morgan fingerprint density at radius 2 is 1.84 bits per heavy atom. The van der Waals surface area contributed by atoms with Crippen LogP contribution in [0.2, 0.25) is 0 Å². The third-order valence-corrected chi connectivity index (χ3v) is 3.08. The van der Waals surface area contributed by atoms with Gasteiger partial charge in [0.15, 0.2) is 0 Å². The number of amides is 1. The summed E-state index contributed by atoms with van der Waals surface area (Å²) in [5, 5.41) is 2.99. The van der Waals surface area contributed by atoms with Crippen LogP contribution in [0.5, 0.6) is 0 Å². The Hall–Kier alpha value is -2.03. The van der Waals surface area contributed by atoms with E-state index in [4.69, 9.17) is 0 Å². The second-order valence-corrected chi connectivity index (χ2v) is 5.82. The summed E-state index contributed by atoms with van der Waals surface area (Å²) in [5.74, 6) is -0.0719. The standard InChI is InChI=1S/C16H20N2O/c1-16(2,3)13-7-5-6-8-14(13)17-15(19)12-9-10-18(4)11-12/h5-11H,1-4H3,(H,17,19). The monoisotopic (exact) mass is 256 g/mol. The van der Waals surface area contributed by atoms with E-state index in [1.54, 1.807) is 0 Å². The molecule has 0 bridgehead atoms. The van der Waals surface area contributed by atoms with Crippen LogP contribution >= 0.6 is 0 Å². The van der Waals surface area contributed by atoms with Gasteiger partial charge < -0.3 is 9.88 Å². The van der Waals surface area contributed by atoms with Crippen LogP contribution in [0.25, 0.3) is 0 Å². The molecule has 0 aliphatic carbocycles. The van der Waals surface area contributed by atoms with E-state index in [2.05, 4.69) is 32.2 Å². The number of nitrogens with one attached hydrogen (secondary N) is 1. The summed E-state index contributed by atoms with van der Waals surface area (Å²) >= 11 is 0. The van der Waals surface area contributed by atoms with Crippen molar-refractivity contribution in [2.75, 3.05) is 5.32 Å². The number of carbonyl (C=O) groups is 1. The highest BCUT2D eigenvalue weighted by Gasteiger charge is 2.19. The summed E-state index contributed by atoms with van der Waals surface area (Å²) < 4.78 is 1.87. The number of rotatable bonds is 2. The molecule has 0 aliphatic rings. The minimum Gasteiger partial charge on any atom is -0.356 e. The highest BCUT2D eigenvalue weighted by atomic mass is 16.1. The van der Waals surface area contributed by atoms with Crippen molar-refractivity contribution in [2.24, 2.45) is 7.05 Å². The Morgan fingerprint density at radius 1 is 1.16 bits per heavy atom. The van der Waals surface area contributed by atoms with Crippen LogP contribution in [0, 0.1) is 0 Å². The Balaban J connectivity index is 2.27. The van der Waals surface area contributed by atoms with Crippen LogP contribution < -0.4 is 5.32 Å². The van der Waals surface area contributed by atoms with Crippen molar-refractivity contribution in [3.05, 3.63) is 53.9 Å². The van der Waals surface area contributed by atoms with E-state index in [9.17, 15) is 4.79 Å². The predicted octanol–water partition coefficient (Wildman–Crippen LogP) is 3.57. The average Bonchev–Trinajstić information content (AvgIpc) is 2.75.